The maximum Gasteiger partial charge on any atom is 0.253 e. The van der Waals surface area contributed by atoms with Crippen LogP contribution in [0.2, 0.25) is 0 Å². The van der Waals surface area contributed by atoms with Gasteiger partial charge >= 0.3 is 0 Å². The second-order valence-corrected chi connectivity index (χ2v) is 5.42. The second-order valence-electron chi connectivity index (χ2n) is 5.42. The Morgan fingerprint density at radius 3 is 2.75 bits per heavy atom. The molecule has 24 heavy (non-hydrogen) atoms. The third kappa shape index (κ3) is 5.92. The number of rotatable bonds is 5. The molecular weight excluding hydrogens is 306 g/mol. The fourth-order valence-electron chi connectivity index (χ4n) is 2.43. The second kappa shape index (κ2) is 10.8. The molecule has 2 heterocycles. The molecule has 6 nitrogen and oxygen atoms in total. The molecule has 2 rings (SSSR count). The Kier molecular flexibility index (Phi) is 9.01. The van der Waals surface area contributed by atoms with E-state index in [9.17, 15) is 9.59 Å². The molecule has 1 fully saturated rings. The number of aromatic nitrogens is 2. The number of carbonyl (C=O) groups excluding carboxylic acids is 2. The van der Waals surface area contributed by atoms with Gasteiger partial charge in [0, 0.05) is 37.9 Å². The smallest absolute Gasteiger partial charge is 0.253 e. The Labute approximate surface area is 144 Å². The van der Waals surface area contributed by atoms with Gasteiger partial charge in [-0.15, -0.1) is 0 Å². The van der Waals surface area contributed by atoms with E-state index in [4.69, 9.17) is 4.74 Å². The molecule has 1 atom stereocenters. The quantitative estimate of drug-likeness (QED) is 0.774. The zero-order valence-electron chi connectivity index (χ0n) is 15.2. The number of ether oxygens (including phenoxy) is 1. The van der Waals surface area contributed by atoms with E-state index >= 15 is 0 Å². The predicted molar refractivity (Wildman–Crippen MR) is 94.1 cm³/mol. The van der Waals surface area contributed by atoms with E-state index < -0.39 is 0 Å². The highest BCUT2D eigenvalue weighted by atomic mass is 16.5. The highest BCUT2D eigenvalue weighted by Crippen LogP contribution is 2.22. The first-order chi connectivity index (χ1) is 11.6. The van der Waals surface area contributed by atoms with Gasteiger partial charge in [0.25, 0.3) is 5.91 Å². The van der Waals surface area contributed by atoms with Gasteiger partial charge in [-0.3, -0.25) is 14.5 Å². The average molecular weight is 335 g/mol. The number of hydrogen-bond donors (Lipinski definition) is 0. The zero-order valence-corrected chi connectivity index (χ0v) is 15.2. The maximum atomic E-state index is 12.0. The van der Waals surface area contributed by atoms with Gasteiger partial charge in [0.2, 0.25) is 5.91 Å². The van der Waals surface area contributed by atoms with Crippen molar-refractivity contribution in [3.63, 3.8) is 0 Å². The number of carbonyl (C=O) groups is 2. The third-order valence-corrected chi connectivity index (χ3v) is 3.58. The van der Waals surface area contributed by atoms with Crippen LogP contribution in [-0.2, 0) is 14.3 Å². The molecule has 1 unspecified atom stereocenters. The molecule has 2 amide bonds. The monoisotopic (exact) mass is 335 g/mol. The van der Waals surface area contributed by atoms with Gasteiger partial charge < -0.3 is 4.74 Å². The lowest BCUT2D eigenvalue weighted by Gasteiger charge is -2.22. The molecular formula is C18H29N3O3. The van der Waals surface area contributed by atoms with Crippen molar-refractivity contribution in [2.75, 3.05) is 13.2 Å². The van der Waals surface area contributed by atoms with Gasteiger partial charge in [0.05, 0.1) is 6.20 Å². The minimum Gasteiger partial charge on any atom is -0.357 e. The lowest BCUT2D eigenvalue weighted by atomic mass is 10.2. The number of imide groups is 1. The van der Waals surface area contributed by atoms with Gasteiger partial charge in [-0.1, -0.05) is 20.8 Å². The summed E-state index contributed by atoms with van der Waals surface area (Å²) < 4.78 is 7.45. The summed E-state index contributed by atoms with van der Waals surface area (Å²) in [5.41, 5.74) is 0.822. The summed E-state index contributed by atoms with van der Waals surface area (Å²) in [5, 5.41) is 4.28. The molecule has 1 saturated heterocycles. The van der Waals surface area contributed by atoms with Gasteiger partial charge in [0.1, 0.15) is 6.23 Å². The van der Waals surface area contributed by atoms with Gasteiger partial charge in [-0.05, 0) is 31.8 Å². The van der Waals surface area contributed by atoms with Crippen molar-refractivity contribution in [1.29, 1.82) is 0 Å². The van der Waals surface area contributed by atoms with Crippen molar-refractivity contribution in [3.8, 4) is 0 Å². The molecule has 1 aromatic rings. The van der Waals surface area contributed by atoms with Gasteiger partial charge in [0.15, 0.2) is 0 Å². The number of amides is 2. The molecule has 0 aromatic carbocycles. The molecule has 0 aliphatic carbocycles. The van der Waals surface area contributed by atoms with Crippen LogP contribution >= 0.6 is 0 Å². The molecule has 6 heteroatoms. The highest BCUT2D eigenvalue weighted by Gasteiger charge is 2.16. The first kappa shape index (κ1) is 20.1. The first-order valence-corrected chi connectivity index (χ1v) is 8.77. The van der Waals surface area contributed by atoms with Gasteiger partial charge in [-0.25, -0.2) is 4.68 Å². The number of nitrogens with zero attached hydrogens (tertiary/aromatic N) is 3. The van der Waals surface area contributed by atoms with E-state index in [1.165, 1.54) is 17.9 Å². The lowest BCUT2D eigenvalue weighted by molar-refractivity contribution is -0.140. The first-order valence-electron chi connectivity index (χ1n) is 8.77. The minimum absolute atomic E-state index is 0.0135. The maximum absolute atomic E-state index is 12.0. The highest BCUT2D eigenvalue weighted by molar-refractivity contribution is 6.02. The fourth-order valence-corrected chi connectivity index (χ4v) is 2.43. The van der Waals surface area contributed by atoms with Crippen molar-refractivity contribution in [3.05, 3.63) is 24.0 Å². The Balaban J connectivity index is 0.00000139. The largest absolute Gasteiger partial charge is 0.357 e. The van der Waals surface area contributed by atoms with Crippen LogP contribution in [0.25, 0.3) is 6.08 Å². The van der Waals surface area contributed by atoms with Crippen LogP contribution in [0.3, 0.4) is 0 Å². The topological polar surface area (TPSA) is 64.4 Å². The lowest BCUT2D eigenvalue weighted by Crippen LogP contribution is -2.34. The molecule has 0 spiro atoms. The molecule has 0 saturated carbocycles. The van der Waals surface area contributed by atoms with Crippen molar-refractivity contribution >= 4 is 17.9 Å². The summed E-state index contributed by atoms with van der Waals surface area (Å²) in [4.78, 5) is 24.7. The van der Waals surface area contributed by atoms with Crippen LogP contribution in [-0.4, -0.2) is 39.6 Å². The Bertz CT molecular complexity index is 545. The zero-order chi connectivity index (χ0) is 17.9. The standard InChI is InChI=1S/C16H23N3O3.C2H6/c1-3-9-18(13(2)20)15(21)8-7-14-11-17-19(12-14)16-6-4-5-10-22-16;1-2/h7-8,11-12,16H,3-6,9-10H2,1-2H3;1-2H3/b8-7+;. The minimum atomic E-state index is -0.295. The summed E-state index contributed by atoms with van der Waals surface area (Å²) in [5.74, 6) is -0.529. The van der Waals surface area contributed by atoms with Crippen molar-refractivity contribution < 1.29 is 14.3 Å². The summed E-state index contributed by atoms with van der Waals surface area (Å²) in [6, 6.07) is 0. The molecule has 134 valence electrons. The van der Waals surface area contributed by atoms with Crippen LogP contribution in [0.15, 0.2) is 18.5 Å². The molecule has 0 N–H and O–H groups in total. The Hall–Kier alpha value is -1.95. The molecule has 1 aliphatic rings. The van der Waals surface area contributed by atoms with E-state index in [1.54, 1.807) is 17.0 Å². The normalized spacial score (nSPS) is 17.2. The summed E-state index contributed by atoms with van der Waals surface area (Å²) in [6.45, 7) is 8.54. The Morgan fingerprint density at radius 2 is 2.17 bits per heavy atom. The van der Waals surface area contributed by atoms with Crippen LogP contribution in [0, 0.1) is 0 Å². The van der Waals surface area contributed by atoms with E-state index in [-0.39, 0.29) is 18.0 Å². The van der Waals surface area contributed by atoms with Crippen molar-refractivity contribution in [2.45, 2.75) is 59.6 Å². The molecule has 1 aromatic heterocycles. The van der Waals surface area contributed by atoms with Crippen LogP contribution < -0.4 is 0 Å². The van der Waals surface area contributed by atoms with E-state index in [2.05, 4.69) is 5.10 Å². The summed E-state index contributed by atoms with van der Waals surface area (Å²) >= 11 is 0. The van der Waals surface area contributed by atoms with Crippen molar-refractivity contribution in [1.82, 2.24) is 14.7 Å². The molecule has 0 bridgehead atoms. The fraction of sp³-hybridized carbons (Fsp3) is 0.611. The SMILES string of the molecule is CC.CCCN(C(C)=O)C(=O)/C=C/c1cnn(C2CCCCO2)c1. The summed E-state index contributed by atoms with van der Waals surface area (Å²) in [7, 11) is 0. The van der Waals surface area contributed by atoms with E-state index in [0.717, 1.165) is 37.9 Å². The van der Waals surface area contributed by atoms with Crippen LogP contribution in [0.1, 0.15) is 65.2 Å². The predicted octanol–water partition coefficient (Wildman–Crippen LogP) is 3.41. The van der Waals surface area contributed by atoms with E-state index in [0.29, 0.717) is 6.54 Å². The molecule has 1 aliphatic heterocycles. The van der Waals surface area contributed by atoms with E-state index in [1.807, 2.05) is 27.0 Å². The number of hydrogen-bond acceptors (Lipinski definition) is 4. The van der Waals surface area contributed by atoms with Crippen molar-refractivity contribution in [2.24, 2.45) is 0 Å². The van der Waals surface area contributed by atoms with Crippen LogP contribution in [0.4, 0.5) is 0 Å². The van der Waals surface area contributed by atoms with Crippen LogP contribution in [0.5, 0.6) is 0 Å². The Morgan fingerprint density at radius 1 is 1.42 bits per heavy atom. The van der Waals surface area contributed by atoms with Gasteiger partial charge in [-0.2, -0.15) is 5.10 Å². The molecule has 0 radical (unpaired) electrons. The third-order valence-electron chi connectivity index (χ3n) is 3.58. The average Bonchev–Trinajstić information content (AvgIpc) is 3.09. The summed E-state index contributed by atoms with van der Waals surface area (Å²) in [6.07, 6.45) is 10.6.